The molecule has 0 spiro atoms. The highest BCUT2D eigenvalue weighted by Crippen LogP contribution is 2.53. The second-order valence-electron chi connectivity index (χ2n) is 7.53. The maximum absolute atomic E-state index is 12.2. The van der Waals surface area contributed by atoms with Gasteiger partial charge < -0.3 is 5.11 Å². The number of fused-ring (bicyclic) bond motifs is 1. The summed E-state index contributed by atoms with van der Waals surface area (Å²) in [6, 6.07) is 0. The van der Waals surface area contributed by atoms with E-state index in [4.69, 9.17) is 0 Å². The Morgan fingerprint density at radius 2 is 2.14 bits per heavy atom. The summed E-state index contributed by atoms with van der Waals surface area (Å²) in [4.78, 5) is 12.2. The number of rotatable bonds is 6. The number of carbonyl (C=O) groups excluding carboxylic acids is 1. The van der Waals surface area contributed by atoms with E-state index in [1.165, 1.54) is 5.57 Å². The lowest BCUT2D eigenvalue weighted by Gasteiger charge is -2.40. The van der Waals surface area contributed by atoms with Crippen molar-refractivity contribution in [2.75, 3.05) is 0 Å². The van der Waals surface area contributed by atoms with Crippen LogP contribution in [0.1, 0.15) is 72.6 Å². The predicted octanol–water partition coefficient (Wildman–Crippen LogP) is 4.83. The maximum Gasteiger partial charge on any atom is 0.137 e. The fourth-order valence-electron chi connectivity index (χ4n) is 4.42. The number of allylic oxidation sites excluding steroid dienone is 3. The first kappa shape index (κ1) is 17.5. The standard InChI is InChI=1S/C20H32O2/c1-5-20(22,6-2)14-7-9-15(3)16-11-12-17-18(21)10-8-13-19(16,17)4/h7,11,14-15,17,22H,5-6,8-10,12-13H2,1-4H3/b14-7+. The van der Waals surface area contributed by atoms with Crippen LogP contribution in [-0.4, -0.2) is 16.5 Å². The summed E-state index contributed by atoms with van der Waals surface area (Å²) in [5.41, 5.74) is 0.914. The fourth-order valence-corrected chi connectivity index (χ4v) is 4.42. The highest BCUT2D eigenvalue weighted by Gasteiger charge is 2.47. The van der Waals surface area contributed by atoms with E-state index in [1.807, 2.05) is 19.9 Å². The van der Waals surface area contributed by atoms with Crippen molar-refractivity contribution in [3.8, 4) is 0 Å². The molecular formula is C20H32O2. The molecule has 1 saturated carbocycles. The Balaban J connectivity index is 2.03. The Kier molecular flexibility index (Phi) is 5.32. The van der Waals surface area contributed by atoms with Crippen LogP contribution in [0.4, 0.5) is 0 Å². The number of carbonyl (C=O) groups is 1. The van der Waals surface area contributed by atoms with Crippen molar-refractivity contribution < 1.29 is 9.90 Å². The van der Waals surface area contributed by atoms with Gasteiger partial charge in [0.2, 0.25) is 0 Å². The lowest BCUT2D eigenvalue weighted by molar-refractivity contribution is -0.128. The minimum atomic E-state index is -0.656. The summed E-state index contributed by atoms with van der Waals surface area (Å²) in [5.74, 6) is 1.15. The number of aliphatic hydroxyl groups is 1. The number of ketones is 1. The van der Waals surface area contributed by atoms with Gasteiger partial charge in [-0.3, -0.25) is 4.79 Å². The van der Waals surface area contributed by atoms with Crippen LogP contribution < -0.4 is 0 Å². The molecule has 22 heavy (non-hydrogen) atoms. The Labute approximate surface area is 135 Å². The molecule has 0 bridgehead atoms. The molecule has 0 amide bonds. The van der Waals surface area contributed by atoms with Gasteiger partial charge in [0.15, 0.2) is 0 Å². The molecular weight excluding hydrogens is 272 g/mol. The molecule has 2 rings (SSSR count). The first-order valence-corrected chi connectivity index (χ1v) is 8.99. The van der Waals surface area contributed by atoms with Crippen LogP contribution >= 0.6 is 0 Å². The summed E-state index contributed by atoms with van der Waals surface area (Å²) in [5, 5.41) is 10.3. The molecule has 0 radical (unpaired) electrons. The van der Waals surface area contributed by atoms with Crippen LogP contribution in [-0.2, 0) is 4.79 Å². The second-order valence-corrected chi connectivity index (χ2v) is 7.53. The van der Waals surface area contributed by atoms with Crippen LogP contribution in [0.5, 0.6) is 0 Å². The molecule has 2 nitrogen and oxygen atoms in total. The van der Waals surface area contributed by atoms with Crippen molar-refractivity contribution in [2.45, 2.75) is 78.2 Å². The third-order valence-corrected chi connectivity index (χ3v) is 6.18. The minimum absolute atomic E-state index is 0.0917. The third-order valence-electron chi connectivity index (χ3n) is 6.18. The Bertz CT molecular complexity index is 470. The zero-order valence-electron chi connectivity index (χ0n) is 14.7. The molecule has 1 N–H and O–H groups in total. The molecule has 0 aromatic rings. The molecule has 0 aromatic heterocycles. The van der Waals surface area contributed by atoms with E-state index in [-0.39, 0.29) is 11.3 Å². The van der Waals surface area contributed by atoms with E-state index in [2.05, 4.69) is 26.0 Å². The average molecular weight is 304 g/mol. The summed E-state index contributed by atoms with van der Waals surface area (Å²) in [6.45, 7) is 8.61. The molecule has 124 valence electrons. The lowest BCUT2D eigenvalue weighted by Crippen LogP contribution is -2.36. The normalized spacial score (nSPS) is 30.5. The summed E-state index contributed by atoms with van der Waals surface area (Å²) < 4.78 is 0. The van der Waals surface area contributed by atoms with Crippen molar-refractivity contribution in [2.24, 2.45) is 17.3 Å². The van der Waals surface area contributed by atoms with Gasteiger partial charge in [0.25, 0.3) is 0 Å². The smallest absolute Gasteiger partial charge is 0.137 e. The highest BCUT2D eigenvalue weighted by atomic mass is 16.3. The van der Waals surface area contributed by atoms with Gasteiger partial charge in [-0.1, -0.05) is 51.5 Å². The van der Waals surface area contributed by atoms with Gasteiger partial charge in [-0.25, -0.2) is 0 Å². The average Bonchev–Trinajstić information content (AvgIpc) is 2.85. The second kappa shape index (κ2) is 6.70. The minimum Gasteiger partial charge on any atom is -0.386 e. The van der Waals surface area contributed by atoms with E-state index >= 15 is 0 Å². The van der Waals surface area contributed by atoms with Crippen molar-refractivity contribution in [3.63, 3.8) is 0 Å². The van der Waals surface area contributed by atoms with E-state index < -0.39 is 5.60 Å². The van der Waals surface area contributed by atoms with Crippen LogP contribution in [0, 0.1) is 17.3 Å². The largest absolute Gasteiger partial charge is 0.386 e. The molecule has 0 heterocycles. The van der Waals surface area contributed by atoms with Gasteiger partial charge in [-0.2, -0.15) is 0 Å². The number of hydrogen-bond donors (Lipinski definition) is 1. The first-order chi connectivity index (χ1) is 10.4. The molecule has 2 aliphatic carbocycles. The van der Waals surface area contributed by atoms with Gasteiger partial charge >= 0.3 is 0 Å². The maximum atomic E-state index is 12.2. The van der Waals surface area contributed by atoms with Crippen molar-refractivity contribution in [3.05, 3.63) is 23.8 Å². The van der Waals surface area contributed by atoms with Gasteiger partial charge in [-0.05, 0) is 49.9 Å². The zero-order valence-corrected chi connectivity index (χ0v) is 14.7. The highest BCUT2D eigenvalue weighted by molar-refractivity contribution is 5.84. The summed E-state index contributed by atoms with van der Waals surface area (Å²) >= 11 is 0. The Hall–Kier alpha value is -0.890. The summed E-state index contributed by atoms with van der Waals surface area (Å²) in [7, 11) is 0. The Morgan fingerprint density at radius 1 is 1.45 bits per heavy atom. The van der Waals surface area contributed by atoms with E-state index in [1.54, 1.807) is 0 Å². The SMILES string of the molecule is CCC(O)(/C=C/CC(C)C1=CCC2C(=O)CCCC12C)CC. The third kappa shape index (κ3) is 3.22. The topological polar surface area (TPSA) is 37.3 Å². The molecule has 3 atom stereocenters. The van der Waals surface area contributed by atoms with Crippen LogP contribution in [0.15, 0.2) is 23.8 Å². The van der Waals surface area contributed by atoms with E-state index in [9.17, 15) is 9.90 Å². The van der Waals surface area contributed by atoms with Crippen LogP contribution in [0.25, 0.3) is 0 Å². The first-order valence-electron chi connectivity index (χ1n) is 8.99. The van der Waals surface area contributed by atoms with E-state index in [0.29, 0.717) is 11.7 Å². The van der Waals surface area contributed by atoms with Crippen molar-refractivity contribution >= 4 is 5.78 Å². The number of Topliss-reactive ketones (excluding diaryl/α,β-unsaturated/α-hetero) is 1. The van der Waals surface area contributed by atoms with Crippen molar-refractivity contribution in [1.82, 2.24) is 0 Å². The molecule has 2 aliphatic rings. The van der Waals surface area contributed by atoms with Gasteiger partial charge in [0.1, 0.15) is 5.78 Å². The quantitative estimate of drug-likeness (QED) is 0.714. The van der Waals surface area contributed by atoms with Gasteiger partial charge in [0.05, 0.1) is 5.60 Å². The van der Waals surface area contributed by atoms with Crippen LogP contribution in [0.2, 0.25) is 0 Å². The number of hydrogen-bond acceptors (Lipinski definition) is 2. The van der Waals surface area contributed by atoms with Crippen molar-refractivity contribution in [1.29, 1.82) is 0 Å². The van der Waals surface area contributed by atoms with Crippen LogP contribution in [0.3, 0.4) is 0 Å². The zero-order chi connectivity index (χ0) is 16.4. The van der Waals surface area contributed by atoms with E-state index in [0.717, 1.165) is 44.9 Å². The van der Waals surface area contributed by atoms with Gasteiger partial charge in [0, 0.05) is 12.3 Å². The molecule has 0 aromatic carbocycles. The fraction of sp³-hybridized carbons (Fsp3) is 0.750. The Morgan fingerprint density at radius 3 is 2.77 bits per heavy atom. The summed E-state index contributed by atoms with van der Waals surface area (Å²) in [6.07, 6.45) is 12.8. The molecule has 2 heteroatoms. The monoisotopic (exact) mass is 304 g/mol. The molecule has 1 fully saturated rings. The van der Waals surface area contributed by atoms with Gasteiger partial charge in [-0.15, -0.1) is 0 Å². The molecule has 3 unspecified atom stereocenters. The predicted molar refractivity (Wildman–Crippen MR) is 91.6 cm³/mol. The molecule has 0 saturated heterocycles. The molecule has 0 aliphatic heterocycles. The lowest BCUT2D eigenvalue weighted by atomic mass is 9.63.